The average Bonchev–Trinajstić information content (AvgIpc) is 3.14. The van der Waals surface area contributed by atoms with Gasteiger partial charge in [-0.15, -0.1) is 0 Å². The van der Waals surface area contributed by atoms with Gasteiger partial charge in [0.1, 0.15) is 17.6 Å². The van der Waals surface area contributed by atoms with Crippen molar-refractivity contribution in [2.45, 2.75) is 51.1 Å². The lowest BCUT2D eigenvalue weighted by atomic mass is 10.2. The Kier molecular flexibility index (Phi) is 5.35. The van der Waals surface area contributed by atoms with Crippen molar-refractivity contribution >= 4 is 23.5 Å². The SMILES string of the molecule is Cc1c(SNC(C)C)c2n(c1C(=O)Nc1ccc(F)c(C#N)c1)CCC2. The van der Waals surface area contributed by atoms with Gasteiger partial charge in [-0.1, -0.05) is 0 Å². The number of amides is 1. The molecule has 26 heavy (non-hydrogen) atoms. The van der Waals surface area contributed by atoms with Crippen molar-refractivity contribution in [1.29, 1.82) is 5.26 Å². The zero-order valence-electron chi connectivity index (χ0n) is 15.0. The Hall–Kier alpha value is -2.30. The minimum absolute atomic E-state index is 0.0858. The van der Waals surface area contributed by atoms with Crippen LogP contribution in [-0.2, 0) is 13.0 Å². The van der Waals surface area contributed by atoms with Gasteiger partial charge in [0.15, 0.2) is 0 Å². The summed E-state index contributed by atoms with van der Waals surface area (Å²) in [5.74, 6) is -0.832. The topological polar surface area (TPSA) is 69.8 Å². The number of nitrogens with one attached hydrogen (secondary N) is 2. The van der Waals surface area contributed by atoms with Crippen LogP contribution in [0.2, 0.25) is 0 Å². The van der Waals surface area contributed by atoms with E-state index in [-0.39, 0.29) is 11.5 Å². The van der Waals surface area contributed by atoms with E-state index in [1.165, 1.54) is 23.9 Å². The number of nitriles is 1. The molecule has 0 unspecified atom stereocenters. The normalized spacial score (nSPS) is 12.9. The highest BCUT2D eigenvalue weighted by molar-refractivity contribution is 7.97. The molecular weight excluding hydrogens is 351 g/mol. The van der Waals surface area contributed by atoms with Crippen molar-refractivity contribution in [1.82, 2.24) is 9.29 Å². The van der Waals surface area contributed by atoms with E-state index < -0.39 is 5.82 Å². The summed E-state index contributed by atoms with van der Waals surface area (Å²) in [6.45, 7) is 6.92. The average molecular weight is 372 g/mol. The molecule has 0 aliphatic carbocycles. The fourth-order valence-corrected chi connectivity index (χ4v) is 4.10. The molecule has 1 aliphatic rings. The van der Waals surface area contributed by atoms with E-state index >= 15 is 0 Å². The number of fused-ring (bicyclic) bond motifs is 1. The number of rotatable bonds is 5. The third kappa shape index (κ3) is 3.48. The Morgan fingerprint density at radius 2 is 2.19 bits per heavy atom. The molecule has 0 fully saturated rings. The molecule has 1 aromatic carbocycles. The second kappa shape index (κ2) is 7.52. The molecule has 1 amide bonds. The second-order valence-electron chi connectivity index (χ2n) is 6.64. The van der Waals surface area contributed by atoms with E-state index in [1.807, 2.05) is 6.92 Å². The molecule has 1 aliphatic heterocycles. The zero-order chi connectivity index (χ0) is 18.8. The molecule has 2 N–H and O–H groups in total. The smallest absolute Gasteiger partial charge is 0.272 e. The number of aromatic nitrogens is 1. The standard InChI is InChI=1S/C19H21FN4OS/c1-11(2)23-26-18-12(3)17(24-8-4-5-16(18)24)19(25)22-14-6-7-15(20)13(9-14)10-21/h6-7,9,11,23H,4-5,8H2,1-3H3,(H,22,25). The van der Waals surface area contributed by atoms with Gasteiger partial charge in [-0.25, -0.2) is 4.39 Å². The first-order chi connectivity index (χ1) is 12.4. The summed E-state index contributed by atoms with van der Waals surface area (Å²) in [4.78, 5) is 14.0. The van der Waals surface area contributed by atoms with Gasteiger partial charge in [-0.2, -0.15) is 5.26 Å². The quantitative estimate of drug-likeness (QED) is 0.778. The van der Waals surface area contributed by atoms with Crippen molar-refractivity contribution < 1.29 is 9.18 Å². The van der Waals surface area contributed by atoms with Crippen LogP contribution >= 0.6 is 11.9 Å². The summed E-state index contributed by atoms with van der Waals surface area (Å²) >= 11 is 1.57. The Morgan fingerprint density at radius 1 is 1.42 bits per heavy atom. The monoisotopic (exact) mass is 372 g/mol. The lowest BCUT2D eigenvalue weighted by Gasteiger charge is -2.10. The van der Waals surface area contributed by atoms with Gasteiger partial charge in [-0.05, 0) is 69.3 Å². The number of carbonyl (C=O) groups excluding carboxylic acids is 1. The third-order valence-corrected chi connectivity index (χ3v) is 5.64. The van der Waals surface area contributed by atoms with Crippen LogP contribution in [-0.4, -0.2) is 16.5 Å². The van der Waals surface area contributed by atoms with Crippen molar-refractivity contribution in [3.8, 4) is 6.07 Å². The number of hydrogen-bond acceptors (Lipinski definition) is 4. The van der Waals surface area contributed by atoms with E-state index in [9.17, 15) is 9.18 Å². The lowest BCUT2D eigenvalue weighted by Crippen LogP contribution is -2.18. The van der Waals surface area contributed by atoms with E-state index in [0.717, 1.165) is 29.8 Å². The Bertz CT molecular complexity index is 898. The van der Waals surface area contributed by atoms with E-state index in [1.54, 1.807) is 18.0 Å². The lowest BCUT2D eigenvalue weighted by molar-refractivity contribution is 0.101. The maximum Gasteiger partial charge on any atom is 0.272 e. The zero-order valence-corrected chi connectivity index (χ0v) is 15.8. The molecule has 7 heteroatoms. The highest BCUT2D eigenvalue weighted by Gasteiger charge is 2.28. The largest absolute Gasteiger partial charge is 0.339 e. The minimum atomic E-state index is -0.594. The maximum atomic E-state index is 13.5. The Balaban J connectivity index is 1.90. The van der Waals surface area contributed by atoms with E-state index in [4.69, 9.17) is 5.26 Å². The molecule has 0 saturated carbocycles. The predicted molar refractivity (Wildman–Crippen MR) is 101 cm³/mol. The molecule has 3 rings (SSSR count). The Labute approximate surface area is 156 Å². The van der Waals surface area contributed by atoms with Crippen molar-refractivity contribution in [3.05, 3.63) is 46.5 Å². The molecule has 2 heterocycles. The number of carbonyl (C=O) groups is 1. The van der Waals surface area contributed by atoms with Gasteiger partial charge >= 0.3 is 0 Å². The summed E-state index contributed by atoms with van der Waals surface area (Å²) in [6, 6.07) is 6.13. The Morgan fingerprint density at radius 3 is 2.88 bits per heavy atom. The number of nitrogens with zero attached hydrogens (tertiary/aromatic N) is 2. The van der Waals surface area contributed by atoms with Gasteiger partial charge in [0, 0.05) is 28.9 Å². The van der Waals surface area contributed by atoms with Crippen LogP contribution in [0.3, 0.4) is 0 Å². The molecule has 0 atom stereocenters. The summed E-state index contributed by atoms with van der Waals surface area (Å²) in [7, 11) is 0. The van der Waals surface area contributed by atoms with Gasteiger partial charge in [0.25, 0.3) is 5.91 Å². The highest BCUT2D eigenvalue weighted by Crippen LogP contribution is 2.35. The maximum absolute atomic E-state index is 13.5. The van der Waals surface area contributed by atoms with Crippen molar-refractivity contribution in [2.75, 3.05) is 5.32 Å². The van der Waals surface area contributed by atoms with Gasteiger partial charge in [0.05, 0.1) is 5.56 Å². The van der Waals surface area contributed by atoms with Crippen LogP contribution in [0.15, 0.2) is 23.1 Å². The summed E-state index contributed by atoms with van der Waals surface area (Å²) < 4.78 is 18.9. The first-order valence-corrected chi connectivity index (χ1v) is 9.39. The fourth-order valence-electron chi connectivity index (χ4n) is 3.17. The summed E-state index contributed by atoms with van der Waals surface area (Å²) in [5, 5.41) is 11.8. The van der Waals surface area contributed by atoms with Crippen LogP contribution < -0.4 is 10.0 Å². The van der Waals surface area contributed by atoms with Crippen LogP contribution in [0.1, 0.15) is 47.6 Å². The number of benzene rings is 1. The summed E-state index contributed by atoms with van der Waals surface area (Å²) in [5.41, 5.74) is 3.08. The molecule has 1 aromatic heterocycles. The number of hydrogen-bond donors (Lipinski definition) is 2. The highest BCUT2D eigenvalue weighted by atomic mass is 32.2. The predicted octanol–water partition coefficient (Wildman–Crippen LogP) is 4.01. The number of halogens is 1. The molecule has 0 bridgehead atoms. The van der Waals surface area contributed by atoms with Crippen molar-refractivity contribution in [3.63, 3.8) is 0 Å². The molecule has 136 valence electrons. The first kappa shape index (κ1) is 18.5. The number of anilines is 1. The van der Waals surface area contributed by atoms with E-state index in [2.05, 4.69) is 28.5 Å². The molecular formula is C19H21FN4OS. The molecule has 2 aromatic rings. The minimum Gasteiger partial charge on any atom is -0.339 e. The fraction of sp³-hybridized carbons (Fsp3) is 0.368. The van der Waals surface area contributed by atoms with Gasteiger partial charge in [0.2, 0.25) is 0 Å². The molecule has 5 nitrogen and oxygen atoms in total. The molecule has 0 spiro atoms. The van der Waals surface area contributed by atoms with Crippen LogP contribution in [0.25, 0.3) is 0 Å². The van der Waals surface area contributed by atoms with Gasteiger partial charge < -0.3 is 9.88 Å². The third-order valence-electron chi connectivity index (χ3n) is 4.31. The molecule has 0 radical (unpaired) electrons. The second-order valence-corrected chi connectivity index (χ2v) is 7.49. The summed E-state index contributed by atoms with van der Waals surface area (Å²) in [6.07, 6.45) is 1.96. The molecule has 0 saturated heterocycles. The first-order valence-electron chi connectivity index (χ1n) is 8.57. The van der Waals surface area contributed by atoms with Crippen LogP contribution in [0.4, 0.5) is 10.1 Å². The van der Waals surface area contributed by atoms with Crippen molar-refractivity contribution in [2.24, 2.45) is 0 Å². The van der Waals surface area contributed by atoms with Crippen LogP contribution in [0, 0.1) is 24.1 Å². The van der Waals surface area contributed by atoms with Gasteiger partial charge in [-0.3, -0.25) is 9.52 Å². The van der Waals surface area contributed by atoms with E-state index in [0.29, 0.717) is 17.4 Å². The van der Waals surface area contributed by atoms with Crippen LogP contribution in [0.5, 0.6) is 0 Å².